The van der Waals surface area contributed by atoms with E-state index in [0.717, 1.165) is 12.3 Å². The Labute approximate surface area is 195 Å². The zero-order valence-electron chi connectivity index (χ0n) is 18.5. The summed E-state index contributed by atoms with van der Waals surface area (Å²) in [6.07, 6.45) is -1.32. The van der Waals surface area contributed by atoms with Gasteiger partial charge in [-0.1, -0.05) is 12.1 Å². The molecule has 0 aliphatic carbocycles. The Balaban J connectivity index is 1.47. The van der Waals surface area contributed by atoms with E-state index in [2.05, 4.69) is 15.3 Å². The number of carbonyl (C=O) groups is 1. The fraction of sp³-hybridized carbons (Fsp3) is 0.292. The molecule has 1 aliphatic rings. The molecule has 1 amide bonds. The van der Waals surface area contributed by atoms with E-state index in [1.54, 1.807) is 30.3 Å². The van der Waals surface area contributed by atoms with E-state index in [-0.39, 0.29) is 5.91 Å². The number of alkyl halides is 3. The lowest BCUT2D eigenvalue weighted by Gasteiger charge is -2.24. The second-order valence-corrected chi connectivity index (χ2v) is 7.76. The van der Waals surface area contributed by atoms with Crippen molar-refractivity contribution < 1.29 is 22.7 Å². The molecule has 1 aromatic carbocycles. The monoisotopic (exact) mass is 471 g/mol. The molecule has 34 heavy (non-hydrogen) atoms. The van der Waals surface area contributed by atoms with Crippen molar-refractivity contribution in [3.63, 3.8) is 0 Å². The van der Waals surface area contributed by atoms with Crippen LogP contribution in [0.25, 0.3) is 0 Å². The average molecular weight is 471 g/mol. The maximum atomic E-state index is 13.4. The summed E-state index contributed by atoms with van der Waals surface area (Å²) >= 11 is 0. The number of nitrogens with zero attached hydrogens (tertiary/aromatic N) is 4. The number of hydrogen-bond donors (Lipinski definition) is 1. The van der Waals surface area contributed by atoms with Crippen LogP contribution < -0.4 is 15.0 Å². The first-order valence-corrected chi connectivity index (χ1v) is 10.8. The Morgan fingerprint density at radius 3 is 2.56 bits per heavy atom. The number of ether oxygens (including phenoxy) is 1. The van der Waals surface area contributed by atoms with Gasteiger partial charge in [-0.15, -0.1) is 0 Å². The number of carbonyl (C=O) groups excluding carboxylic acids is 1. The van der Waals surface area contributed by atoms with Crippen LogP contribution >= 0.6 is 0 Å². The van der Waals surface area contributed by atoms with Crippen LogP contribution in [0.3, 0.4) is 0 Å². The second kappa shape index (κ2) is 9.98. The van der Waals surface area contributed by atoms with Crippen LogP contribution in [-0.4, -0.2) is 54.1 Å². The molecule has 4 rings (SSSR count). The maximum absolute atomic E-state index is 13.4. The molecule has 178 valence electrons. The number of nitrogens with one attached hydrogen (secondary N) is 1. The predicted octanol–water partition coefficient (Wildman–Crippen LogP) is 4.60. The first kappa shape index (κ1) is 23.3. The van der Waals surface area contributed by atoms with E-state index < -0.39 is 11.7 Å². The van der Waals surface area contributed by atoms with Crippen LogP contribution in [0, 0.1) is 0 Å². The number of rotatable bonds is 5. The Hall–Kier alpha value is -3.82. The normalized spacial score (nSPS) is 14.5. The number of para-hydroxylation sites is 2. The quantitative estimate of drug-likeness (QED) is 0.587. The van der Waals surface area contributed by atoms with E-state index in [0.29, 0.717) is 61.2 Å². The SMILES string of the molecule is COc1ccccc1Nc1ncccc1C(=O)N1CCCN(c2ccc(C(F)(F)F)cn2)CC1. The molecule has 0 saturated carbocycles. The summed E-state index contributed by atoms with van der Waals surface area (Å²) < 4.78 is 43.8. The molecule has 0 bridgehead atoms. The molecule has 1 saturated heterocycles. The number of pyridine rings is 2. The molecule has 1 fully saturated rings. The summed E-state index contributed by atoms with van der Waals surface area (Å²) in [7, 11) is 1.57. The van der Waals surface area contributed by atoms with Crippen LogP contribution in [0.4, 0.5) is 30.5 Å². The summed E-state index contributed by atoms with van der Waals surface area (Å²) in [4.78, 5) is 25.3. The summed E-state index contributed by atoms with van der Waals surface area (Å²) in [6.45, 7) is 1.96. The average Bonchev–Trinajstić information content (AvgIpc) is 3.10. The number of aromatic nitrogens is 2. The molecule has 0 spiro atoms. The zero-order valence-corrected chi connectivity index (χ0v) is 18.5. The Kier molecular flexibility index (Phi) is 6.85. The van der Waals surface area contributed by atoms with Gasteiger partial charge in [-0.05, 0) is 42.8 Å². The highest BCUT2D eigenvalue weighted by molar-refractivity contribution is 5.99. The lowest BCUT2D eigenvalue weighted by atomic mass is 10.2. The minimum absolute atomic E-state index is 0.173. The molecule has 3 aromatic rings. The summed E-state index contributed by atoms with van der Waals surface area (Å²) in [5, 5.41) is 3.18. The molecule has 7 nitrogen and oxygen atoms in total. The van der Waals surface area contributed by atoms with Gasteiger partial charge in [-0.25, -0.2) is 9.97 Å². The number of anilines is 3. The highest BCUT2D eigenvalue weighted by atomic mass is 19.4. The molecule has 0 unspecified atom stereocenters. The zero-order chi connectivity index (χ0) is 24.1. The van der Waals surface area contributed by atoms with E-state index in [4.69, 9.17) is 4.74 Å². The minimum Gasteiger partial charge on any atom is -0.495 e. The molecule has 2 aromatic heterocycles. The number of benzene rings is 1. The van der Waals surface area contributed by atoms with Crippen LogP contribution in [-0.2, 0) is 6.18 Å². The van der Waals surface area contributed by atoms with Gasteiger partial charge in [0.15, 0.2) is 0 Å². The van der Waals surface area contributed by atoms with Crippen molar-refractivity contribution in [1.29, 1.82) is 0 Å². The molecule has 10 heteroatoms. The van der Waals surface area contributed by atoms with Gasteiger partial charge in [0.2, 0.25) is 0 Å². The Bertz CT molecular complexity index is 1140. The highest BCUT2D eigenvalue weighted by Gasteiger charge is 2.31. The summed E-state index contributed by atoms with van der Waals surface area (Å²) in [6, 6.07) is 13.2. The molecule has 3 heterocycles. The highest BCUT2D eigenvalue weighted by Crippen LogP contribution is 2.30. The van der Waals surface area contributed by atoms with Gasteiger partial charge in [0, 0.05) is 38.6 Å². The van der Waals surface area contributed by atoms with Crippen molar-refractivity contribution in [3.05, 3.63) is 72.1 Å². The largest absolute Gasteiger partial charge is 0.495 e. The first-order valence-electron chi connectivity index (χ1n) is 10.8. The first-order chi connectivity index (χ1) is 16.4. The van der Waals surface area contributed by atoms with E-state index in [1.807, 2.05) is 29.2 Å². The molecule has 1 N–H and O–H groups in total. The smallest absolute Gasteiger partial charge is 0.417 e. The number of methoxy groups -OCH3 is 1. The van der Waals surface area contributed by atoms with Crippen LogP contribution in [0.15, 0.2) is 60.9 Å². The fourth-order valence-corrected chi connectivity index (χ4v) is 3.81. The summed E-state index contributed by atoms with van der Waals surface area (Å²) in [5.74, 6) is 1.33. The van der Waals surface area contributed by atoms with Crippen LogP contribution in [0.1, 0.15) is 22.3 Å². The topological polar surface area (TPSA) is 70.6 Å². The lowest BCUT2D eigenvalue weighted by Crippen LogP contribution is -2.35. The third-order valence-electron chi connectivity index (χ3n) is 5.58. The van der Waals surface area contributed by atoms with Gasteiger partial charge in [-0.3, -0.25) is 4.79 Å². The predicted molar refractivity (Wildman–Crippen MR) is 122 cm³/mol. The van der Waals surface area contributed by atoms with Gasteiger partial charge in [0.05, 0.1) is 23.9 Å². The van der Waals surface area contributed by atoms with Gasteiger partial charge >= 0.3 is 6.18 Å². The molecule has 0 atom stereocenters. The lowest BCUT2D eigenvalue weighted by molar-refractivity contribution is -0.137. The fourth-order valence-electron chi connectivity index (χ4n) is 3.81. The van der Waals surface area contributed by atoms with Crippen LogP contribution in [0.5, 0.6) is 5.75 Å². The van der Waals surface area contributed by atoms with Crippen LogP contribution in [0.2, 0.25) is 0 Å². The van der Waals surface area contributed by atoms with E-state index >= 15 is 0 Å². The Morgan fingerprint density at radius 1 is 1.00 bits per heavy atom. The van der Waals surface area contributed by atoms with Crippen molar-refractivity contribution in [2.24, 2.45) is 0 Å². The second-order valence-electron chi connectivity index (χ2n) is 7.76. The Morgan fingerprint density at radius 2 is 1.82 bits per heavy atom. The van der Waals surface area contributed by atoms with E-state index in [9.17, 15) is 18.0 Å². The third kappa shape index (κ3) is 5.22. The standard InChI is InChI=1S/C24H24F3N5O2/c1-34-20-8-3-2-7-19(20)30-22-18(6-4-11-28-22)23(33)32-13-5-12-31(14-15-32)21-10-9-17(16-29-21)24(25,26)27/h2-4,6-11,16H,5,12-15H2,1H3,(H,28,30). The van der Waals surface area contributed by atoms with Gasteiger partial charge < -0.3 is 19.9 Å². The molecular weight excluding hydrogens is 447 g/mol. The van der Waals surface area contributed by atoms with Crippen molar-refractivity contribution in [2.45, 2.75) is 12.6 Å². The minimum atomic E-state index is -4.42. The van der Waals surface area contributed by atoms with Crippen molar-refractivity contribution in [2.75, 3.05) is 43.5 Å². The van der Waals surface area contributed by atoms with E-state index in [1.165, 1.54) is 6.07 Å². The maximum Gasteiger partial charge on any atom is 0.417 e. The number of halogens is 3. The van der Waals surface area contributed by atoms with Gasteiger partial charge in [0.1, 0.15) is 17.4 Å². The summed E-state index contributed by atoms with van der Waals surface area (Å²) in [5.41, 5.74) is 0.331. The van der Waals surface area contributed by atoms with Crippen molar-refractivity contribution >= 4 is 23.2 Å². The number of amides is 1. The molecule has 0 radical (unpaired) electrons. The van der Waals surface area contributed by atoms with Gasteiger partial charge in [0.25, 0.3) is 5.91 Å². The van der Waals surface area contributed by atoms with Crippen molar-refractivity contribution in [3.8, 4) is 5.75 Å². The number of hydrogen-bond acceptors (Lipinski definition) is 6. The van der Waals surface area contributed by atoms with Gasteiger partial charge in [-0.2, -0.15) is 13.2 Å². The third-order valence-corrected chi connectivity index (χ3v) is 5.58. The van der Waals surface area contributed by atoms with Crippen molar-refractivity contribution in [1.82, 2.24) is 14.9 Å². The molecule has 1 aliphatic heterocycles. The molecular formula is C24H24F3N5O2.